The molecule has 1 saturated heterocycles. The van der Waals surface area contributed by atoms with Gasteiger partial charge in [-0.2, -0.15) is 0 Å². The van der Waals surface area contributed by atoms with Gasteiger partial charge in [0.05, 0.1) is 4.90 Å². The van der Waals surface area contributed by atoms with Crippen molar-refractivity contribution in [3.8, 4) is 0 Å². The van der Waals surface area contributed by atoms with Crippen molar-refractivity contribution in [1.82, 2.24) is 9.62 Å². The molecule has 0 unspecified atom stereocenters. The lowest BCUT2D eigenvalue weighted by Gasteiger charge is -2.32. The van der Waals surface area contributed by atoms with Crippen LogP contribution in [0.15, 0.2) is 65.6 Å². The Balaban J connectivity index is 1.59. The van der Waals surface area contributed by atoms with E-state index in [2.05, 4.69) is 4.72 Å². The van der Waals surface area contributed by atoms with Crippen molar-refractivity contribution in [3.05, 3.63) is 66.2 Å². The highest BCUT2D eigenvalue weighted by Crippen LogP contribution is 2.16. The zero-order valence-electron chi connectivity index (χ0n) is 13.3. The van der Waals surface area contributed by atoms with E-state index in [9.17, 15) is 13.2 Å². The fourth-order valence-corrected chi connectivity index (χ4v) is 4.18. The van der Waals surface area contributed by atoms with E-state index in [0.717, 1.165) is 0 Å². The Morgan fingerprint density at radius 1 is 0.917 bits per heavy atom. The number of benzene rings is 2. The van der Waals surface area contributed by atoms with E-state index >= 15 is 0 Å². The van der Waals surface area contributed by atoms with Gasteiger partial charge in [0.25, 0.3) is 5.91 Å². The van der Waals surface area contributed by atoms with E-state index in [-0.39, 0.29) is 16.8 Å². The highest BCUT2D eigenvalue weighted by Gasteiger charge is 2.26. The molecule has 0 bridgehead atoms. The van der Waals surface area contributed by atoms with Gasteiger partial charge in [-0.05, 0) is 37.1 Å². The topological polar surface area (TPSA) is 66.5 Å². The maximum Gasteiger partial charge on any atom is 0.253 e. The van der Waals surface area contributed by atoms with Gasteiger partial charge in [0, 0.05) is 24.7 Å². The first-order valence-corrected chi connectivity index (χ1v) is 9.46. The fraction of sp³-hybridized carbons (Fsp3) is 0.278. The minimum absolute atomic E-state index is 0.0000310. The van der Waals surface area contributed by atoms with Gasteiger partial charge in [0.1, 0.15) is 0 Å². The molecule has 1 fully saturated rings. The van der Waals surface area contributed by atoms with Crippen molar-refractivity contribution < 1.29 is 13.2 Å². The van der Waals surface area contributed by atoms with Crippen molar-refractivity contribution in [3.63, 3.8) is 0 Å². The molecule has 0 aliphatic carbocycles. The van der Waals surface area contributed by atoms with Crippen molar-refractivity contribution in [1.29, 1.82) is 0 Å². The van der Waals surface area contributed by atoms with Gasteiger partial charge in [-0.1, -0.05) is 36.4 Å². The zero-order chi connectivity index (χ0) is 17.0. The molecule has 1 aliphatic heterocycles. The quantitative estimate of drug-likeness (QED) is 0.925. The van der Waals surface area contributed by atoms with Gasteiger partial charge < -0.3 is 4.90 Å². The predicted molar refractivity (Wildman–Crippen MR) is 92.1 cm³/mol. The van der Waals surface area contributed by atoms with Crippen LogP contribution in [0.25, 0.3) is 0 Å². The first kappa shape index (κ1) is 16.7. The molecule has 2 aromatic carbocycles. The van der Waals surface area contributed by atoms with Crippen molar-refractivity contribution in [2.45, 2.75) is 23.8 Å². The molecule has 1 heterocycles. The summed E-state index contributed by atoms with van der Waals surface area (Å²) >= 11 is 0. The molecule has 3 rings (SSSR count). The maximum atomic E-state index is 12.4. The SMILES string of the molecule is O=C(c1ccccc1)N1CCC(NS(=O)(=O)c2ccccc2)CC1. The molecule has 1 amide bonds. The number of rotatable bonds is 4. The Morgan fingerprint density at radius 3 is 2.04 bits per heavy atom. The average molecular weight is 344 g/mol. The van der Waals surface area contributed by atoms with Crippen molar-refractivity contribution in [2.24, 2.45) is 0 Å². The number of nitrogens with one attached hydrogen (secondary N) is 1. The largest absolute Gasteiger partial charge is 0.339 e. The van der Waals surface area contributed by atoms with Gasteiger partial charge >= 0.3 is 0 Å². The Kier molecular flexibility index (Phi) is 4.97. The van der Waals surface area contributed by atoms with E-state index in [1.807, 2.05) is 18.2 Å². The molecule has 6 heteroatoms. The molecule has 0 spiro atoms. The van der Waals surface area contributed by atoms with Crippen LogP contribution in [-0.2, 0) is 10.0 Å². The molecule has 0 aromatic heterocycles. The lowest BCUT2D eigenvalue weighted by Crippen LogP contribution is -2.46. The molecule has 5 nitrogen and oxygen atoms in total. The van der Waals surface area contributed by atoms with Crippen LogP contribution in [-0.4, -0.2) is 38.4 Å². The summed E-state index contributed by atoms with van der Waals surface area (Å²) in [5.41, 5.74) is 0.667. The Labute approximate surface area is 142 Å². The minimum atomic E-state index is -3.50. The van der Waals surface area contributed by atoms with E-state index in [1.54, 1.807) is 47.4 Å². The van der Waals surface area contributed by atoms with E-state index in [0.29, 0.717) is 31.5 Å². The lowest BCUT2D eigenvalue weighted by molar-refractivity contribution is 0.0711. The summed E-state index contributed by atoms with van der Waals surface area (Å²) in [6.07, 6.45) is 1.23. The highest BCUT2D eigenvalue weighted by molar-refractivity contribution is 7.89. The predicted octanol–water partition coefficient (Wildman–Crippen LogP) is 2.27. The summed E-state index contributed by atoms with van der Waals surface area (Å²) in [6, 6.07) is 17.4. The van der Waals surface area contributed by atoms with Crippen LogP contribution >= 0.6 is 0 Å². The molecular formula is C18H20N2O3S. The number of piperidine rings is 1. The summed E-state index contributed by atoms with van der Waals surface area (Å²) in [6.45, 7) is 1.10. The number of hydrogen-bond acceptors (Lipinski definition) is 3. The average Bonchev–Trinajstić information content (AvgIpc) is 2.63. The second-order valence-corrected chi connectivity index (χ2v) is 7.58. The number of carbonyl (C=O) groups excluding carboxylic acids is 1. The minimum Gasteiger partial charge on any atom is -0.339 e. The molecule has 24 heavy (non-hydrogen) atoms. The number of likely N-dealkylation sites (tertiary alicyclic amines) is 1. The van der Waals surface area contributed by atoms with E-state index in [1.165, 1.54) is 0 Å². The number of nitrogens with zero attached hydrogens (tertiary/aromatic N) is 1. The molecule has 0 atom stereocenters. The summed E-state index contributed by atoms with van der Waals surface area (Å²) in [5, 5.41) is 0. The van der Waals surface area contributed by atoms with E-state index in [4.69, 9.17) is 0 Å². The van der Waals surface area contributed by atoms with Gasteiger partial charge in [0.15, 0.2) is 0 Å². The summed E-state index contributed by atoms with van der Waals surface area (Å²) in [7, 11) is -3.50. The van der Waals surface area contributed by atoms with Crippen LogP contribution in [0.5, 0.6) is 0 Å². The van der Waals surface area contributed by atoms with Gasteiger partial charge in [-0.3, -0.25) is 4.79 Å². The van der Waals surface area contributed by atoms with Crippen LogP contribution < -0.4 is 4.72 Å². The number of hydrogen-bond donors (Lipinski definition) is 1. The Hall–Kier alpha value is -2.18. The second kappa shape index (κ2) is 7.15. The Bertz CT molecular complexity index is 784. The lowest BCUT2D eigenvalue weighted by atomic mass is 10.0. The smallest absolute Gasteiger partial charge is 0.253 e. The maximum absolute atomic E-state index is 12.4. The normalized spacial score (nSPS) is 16.1. The molecule has 0 saturated carbocycles. The zero-order valence-corrected chi connectivity index (χ0v) is 14.1. The summed E-state index contributed by atoms with van der Waals surface area (Å²) in [4.78, 5) is 14.5. The molecular weight excluding hydrogens is 324 g/mol. The Morgan fingerprint density at radius 2 is 1.46 bits per heavy atom. The van der Waals surface area contributed by atoms with Crippen LogP contribution in [0.3, 0.4) is 0 Å². The number of sulfonamides is 1. The third kappa shape index (κ3) is 3.83. The van der Waals surface area contributed by atoms with Gasteiger partial charge in [-0.25, -0.2) is 13.1 Å². The van der Waals surface area contributed by atoms with Gasteiger partial charge in [0.2, 0.25) is 10.0 Å². The fourth-order valence-electron chi connectivity index (χ4n) is 2.85. The summed E-state index contributed by atoms with van der Waals surface area (Å²) < 4.78 is 27.4. The van der Waals surface area contributed by atoms with Crippen LogP contribution in [0.4, 0.5) is 0 Å². The van der Waals surface area contributed by atoms with Crippen LogP contribution in [0.1, 0.15) is 23.2 Å². The van der Waals surface area contributed by atoms with Crippen LogP contribution in [0.2, 0.25) is 0 Å². The number of carbonyl (C=O) groups is 1. The standard InChI is InChI=1S/C18H20N2O3S/c21-18(15-7-3-1-4-8-15)20-13-11-16(12-14-20)19-24(22,23)17-9-5-2-6-10-17/h1-10,16,19H,11-14H2. The van der Waals surface area contributed by atoms with E-state index < -0.39 is 10.0 Å². The molecule has 0 radical (unpaired) electrons. The first-order valence-electron chi connectivity index (χ1n) is 7.98. The number of amides is 1. The highest BCUT2D eigenvalue weighted by atomic mass is 32.2. The van der Waals surface area contributed by atoms with Gasteiger partial charge in [-0.15, -0.1) is 0 Å². The first-order chi connectivity index (χ1) is 11.6. The monoisotopic (exact) mass is 344 g/mol. The van der Waals surface area contributed by atoms with Crippen molar-refractivity contribution >= 4 is 15.9 Å². The van der Waals surface area contributed by atoms with Crippen molar-refractivity contribution in [2.75, 3.05) is 13.1 Å². The third-order valence-corrected chi connectivity index (χ3v) is 5.71. The van der Waals surface area contributed by atoms with Crippen LogP contribution in [0, 0.1) is 0 Å². The molecule has 2 aromatic rings. The second-order valence-electron chi connectivity index (χ2n) is 5.87. The third-order valence-electron chi connectivity index (χ3n) is 4.18. The molecule has 1 aliphatic rings. The molecule has 1 N–H and O–H groups in total. The molecule has 126 valence electrons. The summed E-state index contributed by atoms with van der Waals surface area (Å²) in [5.74, 6) is -0.0000310.